The van der Waals surface area contributed by atoms with Crippen molar-refractivity contribution in [2.75, 3.05) is 0 Å². The lowest BCUT2D eigenvalue weighted by Crippen LogP contribution is -2.51. The van der Waals surface area contributed by atoms with Crippen LogP contribution in [0, 0.1) is 5.92 Å². The number of alkyl carbamates (subject to hydrolysis) is 1. The summed E-state index contributed by atoms with van der Waals surface area (Å²) in [5.41, 5.74) is -0.0219. The van der Waals surface area contributed by atoms with Gasteiger partial charge in [-0.25, -0.2) is 4.79 Å². The quantitative estimate of drug-likeness (QED) is 0.339. The zero-order valence-corrected chi connectivity index (χ0v) is 20.8. The van der Waals surface area contributed by atoms with Crippen LogP contribution >= 0.6 is 0 Å². The van der Waals surface area contributed by atoms with E-state index >= 15 is 0 Å². The van der Waals surface area contributed by atoms with Crippen molar-refractivity contribution in [2.45, 2.75) is 71.8 Å². The maximum absolute atomic E-state index is 13.2. The van der Waals surface area contributed by atoms with E-state index in [1.807, 2.05) is 60.7 Å². The summed E-state index contributed by atoms with van der Waals surface area (Å²) < 4.78 is 16.4. The Kier molecular flexibility index (Phi) is 9.24. The summed E-state index contributed by atoms with van der Waals surface area (Å²) in [5.74, 6) is -2.93. The van der Waals surface area contributed by atoms with E-state index < -0.39 is 41.2 Å². The highest BCUT2D eigenvalue weighted by atomic mass is 16.6. The molecule has 34 heavy (non-hydrogen) atoms. The van der Waals surface area contributed by atoms with Crippen LogP contribution in [0.5, 0.6) is 0 Å². The smallest absolute Gasteiger partial charge is 0.407 e. The molecule has 0 radical (unpaired) electrons. The van der Waals surface area contributed by atoms with E-state index in [1.165, 1.54) is 0 Å². The van der Waals surface area contributed by atoms with Gasteiger partial charge in [-0.1, -0.05) is 60.7 Å². The summed E-state index contributed by atoms with van der Waals surface area (Å²) in [7, 11) is 0. The molecular formula is C27H35NO6. The summed E-state index contributed by atoms with van der Waals surface area (Å²) in [5, 5.41) is 2.71. The number of carbonyl (C=O) groups excluding carboxylic acids is 3. The molecule has 1 N–H and O–H groups in total. The molecule has 0 saturated carbocycles. The van der Waals surface area contributed by atoms with E-state index in [4.69, 9.17) is 14.2 Å². The highest BCUT2D eigenvalue weighted by Gasteiger charge is 2.42. The van der Waals surface area contributed by atoms with Crippen molar-refractivity contribution >= 4 is 18.0 Å². The third-order valence-electron chi connectivity index (χ3n) is 4.54. The second-order valence-corrected chi connectivity index (χ2v) is 10.0. The van der Waals surface area contributed by atoms with Gasteiger partial charge in [0.15, 0.2) is 5.92 Å². The van der Waals surface area contributed by atoms with Crippen LogP contribution in [0.25, 0.3) is 0 Å². The summed E-state index contributed by atoms with van der Waals surface area (Å²) in [6.45, 7) is 10.3. The second kappa shape index (κ2) is 11.7. The molecule has 1 unspecified atom stereocenters. The second-order valence-electron chi connectivity index (χ2n) is 10.0. The molecule has 0 aliphatic rings. The zero-order chi connectivity index (χ0) is 25.4. The third kappa shape index (κ3) is 9.65. The summed E-state index contributed by atoms with van der Waals surface area (Å²) in [6, 6.07) is 17.5. The lowest BCUT2D eigenvalue weighted by molar-refractivity contribution is -0.175. The lowest BCUT2D eigenvalue weighted by Gasteiger charge is -2.30. The van der Waals surface area contributed by atoms with Gasteiger partial charge in [-0.3, -0.25) is 9.59 Å². The molecule has 0 spiro atoms. The predicted octanol–water partition coefficient (Wildman–Crippen LogP) is 4.82. The Bertz CT molecular complexity index is 917. The molecule has 0 aliphatic carbocycles. The zero-order valence-electron chi connectivity index (χ0n) is 20.8. The summed E-state index contributed by atoms with van der Waals surface area (Å²) in [6.07, 6.45) is -0.549. The molecule has 2 aromatic carbocycles. The number of carbonyl (C=O) groups is 3. The van der Waals surface area contributed by atoms with Gasteiger partial charge in [0.05, 0.1) is 6.04 Å². The van der Waals surface area contributed by atoms with Gasteiger partial charge in [0.2, 0.25) is 0 Å². The van der Waals surface area contributed by atoms with E-state index in [1.54, 1.807) is 41.5 Å². The number of hydrogen-bond donors (Lipinski definition) is 1. The number of benzene rings is 2. The fraction of sp³-hybridized carbons (Fsp3) is 0.444. The van der Waals surface area contributed by atoms with Crippen LogP contribution in [0.1, 0.15) is 52.7 Å². The van der Waals surface area contributed by atoms with E-state index in [9.17, 15) is 14.4 Å². The molecule has 0 heterocycles. The molecule has 1 atom stereocenters. The van der Waals surface area contributed by atoms with Crippen LogP contribution in [0.15, 0.2) is 60.7 Å². The molecule has 0 aromatic heterocycles. The van der Waals surface area contributed by atoms with Gasteiger partial charge < -0.3 is 19.5 Å². The predicted molar refractivity (Wildman–Crippen MR) is 129 cm³/mol. The minimum Gasteiger partial charge on any atom is -0.459 e. The number of hydrogen-bond acceptors (Lipinski definition) is 6. The Labute approximate surface area is 201 Å². The maximum atomic E-state index is 13.2. The number of nitrogens with one attached hydrogen (secondary N) is 1. The monoisotopic (exact) mass is 469 g/mol. The van der Waals surface area contributed by atoms with Crippen molar-refractivity contribution in [1.29, 1.82) is 0 Å². The molecule has 0 aliphatic heterocycles. The fourth-order valence-corrected chi connectivity index (χ4v) is 3.19. The lowest BCUT2D eigenvalue weighted by atomic mass is 9.92. The number of amides is 1. The largest absolute Gasteiger partial charge is 0.459 e. The van der Waals surface area contributed by atoms with Gasteiger partial charge in [0.1, 0.15) is 17.8 Å². The molecule has 1 amide bonds. The average molecular weight is 470 g/mol. The maximum Gasteiger partial charge on any atom is 0.407 e. The Balaban J connectivity index is 2.31. The van der Waals surface area contributed by atoms with Crippen LogP contribution < -0.4 is 5.32 Å². The first-order valence-electron chi connectivity index (χ1n) is 11.3. The van der Waals surface area contributed by atoms with Crippen molar-refractivity contribution < 1.29 is 28.6 Å². The van der Waals surface area contributed by atoms with Crippen LogP contribution in [0.2, 0.25) is 0 Å². The standard InChI is InChI=1S/C27H35NO6/c1-26(2,3)33-23(29)22(24(30)34-27(4,5)6)21(17-19-13-9-7-10-14-19)28-25(31)32-18-20-15-11-8-12-16-20/h7-16,21-22H,17-18H2,1-6H3,(H,28,31). The molecule has 7 nitrogen and oxygen atoms in total. The normalized spacial score (nSPS) is 12.6. The van der Waals surface area contributed by atoms with Gasteiger partial charge in [0.25, 0.3) is 0 Å². The van der Waals surface area contributed by atoms with Crippen molar-refractivity contribution in [3.8, 4) is 0 Å². The molecular weight excluding hydrogens is 434 g/mol. The van der Waals surface area contributed by atoms with E-state index in [0.29, 0.717) is 0 Å². The summed E-state index contributed by atoms with van der Waals surface area (Å²) in [4.78, 5) is 39.0. The van der Waals surface area contributed by atoms with Crippen molar-refractivity contribution in [3.63, 3.8) is 0 Å². The van der Waals surface area contributed by atoms with Crippen molar-refractivity contribution in [2.24, 2.45) is 5.92 Å². The first-order chi connectivity index (χ1) is 15.8. The SMILES string of the molecule is CC(C)(C)OC(=O)C(C(=O)OC(C)(C)C)C(Cc1ccccc1)NC(=O)OCc1ccccc1. The summed E-state index contributed by atoms with van der Waals surface area (Å²) >= 11 is 0. The topological polar surface area (TPSA) is 90.9 Å². The Morgan fingerprint density at radius 2 is 1.18 bits per heavy atom. The van der Waals surface area contributed by atoms with E-state index in [-0.39, 0.29) is 13.0 Å². The fourth-order valence-electron chi connectivity index (χ4n) is 3.19. The minimum absolute atomic E-state index is 0.0499. The van der Waals surface area contributed by atoms with Gasteiger partial charge in [-0.15, -0.1) is 0 Å². The average Bonchev–Trinajstić information content (AvgIpc) is 2.71. The van der Waals surface area contributed by atoms with Gasteiger partial charge in [0, 0.05) is 0 Å². The molecule has 0 bridgehead atoms. The number of rotatable bonds is 8. The van der Waals surface area contributed by atoms with Gasteiger partial charge in [-0.2, -0.15) is 0 Å². The van der Waals surface area contributed by atoms with Crippen LogP contribution in [-0.2, 0) is 36.8 Å². The van der Waals surface area contributed by atoms with Gasteiger partial charge in [-0.05, 0) is 59.1 Å². The highest BCUT2D eigenvalue weighted by Crippen LogP contribution is 2.22. The molecule has 0 saturated heterocycles. The Morgan fingerprint density at radius 1 is 0.735 bits per heavy atom. The van der Waals surface area contributed by atoms with Crippen molar-refractivity contribution in [1.82, 2.24) is 5.32 Å². The van der Waals surface area contributed by atoms with Crippen LogP contribution in [0.3, 0.4) is 0 Å². The first kappa shape index (κ1) is 26.9. The molecule has 0 fully saturated rings. The van der Waals surface area contributed by atoms with E-state index in [2.05, 4.69) is 5.32 Å². The molecule has 2 aromatic rings. The van der Waals surface area contributed by atoms with Crippen molar-refractivity contribution in [3.05, 3.63) is 71.8 Å². The third-order valence-corrected chi connectivity index (χ3v) is 4.54. The number of esters is 2. The first-order valence-corrected chi connectivity index (χ1v) is 11.3. The molecule has 2 rings (SSSR count). The molecule has 7 heteroatoms. The highest BCUT2D eigenvalue weighted by molar-refractivity contribution is 5.96. The van der Waals surface area contributed by atoms with Crippen LogP contribution in [-0.4, -0.2) is 35.3 Å². The Hall–Kier alpha value is -3.35. The minimum atomic E-state index is -1.39. The molecule has 184 valence electrons. The number of ether oxygens (including phenoxy) is 3. The van der Waals surface area contributed by atoms with Gasteiger partial charge >= 0.3 is 18.0 Å². The van der Waals surface area contributed by atoms with Crippen LogP contribution in [0.4, 0.5) is 4.79 Å². The van der Waals surface area contributed by atoms with E-state index in [0.717, 1.165) is 11.1 Å². The Morgan fingerprint density at radius 3 is 1.62 bits per heavy atom.